The standard InChI is InChI=1S/C18H27FN4O/c1-21-10-12-22(13-11-21)9-6-20-18(24)15-4-5-17(16(19)14-15)23-7-2-3-8-23/h4-5,14H,2-3,6-13H2,1H3,(H,20,24). The lowest BCUT2D eigenvalue weighted by Gasteiger charge is -2.32. The van der Waals surface area contributed by atoms with Crippen molar-refractivity contribution >= 4 is 11.6 Å². The van der Waals surface area contributed by atoms with E-state index in [0.29, 0.717) is 17.8 Å². The fraction of sp³-hybridized carbons (Fsp3) is 0.611. The molecule has 0 unspecified atom stereocenters. The second kappa shape index (κ2) is 7.94. The Morgan fingerprint density at radius 1 is 1.12 bits per heavy atom. The molecule has 0 saturated carbocycles. The Labute approximate surface area is 143 Å². The highest BCUT2D eigenvalue weighted by Crippen LogP contribution is 2.24. The molecule has 1 N–H and O–H groups in total. The number of amides is 1. The number of hydrogen-bond acceptors (Lipinski definition) is 4. The van der Waals surface area contributed by atoms with Gasteiger partial charge in [0, 0.05) is 57.9 Å². The van der Waals surface area contributed by atoms with Gasteiger partial charge in [0.15, 0.2) is 0 Å². The van der Waals surface area contributed by atoms with Gasteiger partial charge in [0.1, 0.15) is 5.82 Å². The van der Waals surface area contributed by atoms with Crippen molar-refractivity contribution in [2.75, 3.05) is 64.3 Å². The van der Waals surface area contributed by atoms with Crippen molar-refractivity contribution < 1.29 is 9.18 Å². The number of halogens is 1. The molecule has 3 rings (SSSR count). The van der Waals surface area contributed by atoms with Gasteiger partial charge < -0.3 is 15.1 Å². The van der Waals surface area contributed by atoms with Gasteiger partial charge in [-0.25, -0.2) is 4.39 Å². The summed E-state index contributed by atoms with van der Waals surface area (Å²) in [4.78, 5) is 18.9. The third-order valence-electron chi connectivity index (χ3n) is 4.97. The zero-order chi connectivity index (χ0) is 16.9. The lowest BCUT2D eigenvalue weighted by molar-refractivity contribution is 0.0940. The first kappa shape index (κ1) is 17.2. The lowest BCUT2D eigenvalue weighted by Crippen LogP contribution is -2.46. The number of hydrogen-bond donors (Lipinski definition) is 1. The molecule has 0 aromatic heterocycles. The first-order valence-corrected chi connectivity index (χ1v) is 8.87. The van der Waals surface area contributed by atoms with Crippen LogP contribution in [0.5, 0.6) is 0 Å². The molecule has 0 bridgehead atoms. The molecule has 6 heteroatoms. The first-order valence-electron chi connectivity index (χ1n) is 8.87. The van der Waals surface area contributed by atoms with Gasteiger partial charge in [0.2, 0.25) is 0 Å². The largest absolute Gasteiger partial charge is 0.369 e. The van der Waals surface area contributed by atoms with Crippen LogP contribution in [0.25, 0.3) is 0 Å². The maximum absolute atomic E-state index is 14.3. The summed E-state index contributed by atoms with van der Waals surface area (Å²) in [5, 5.41) is 2.90. The maximum Gasteiger partial charge on any atom is 0.251 e. The van der Waals surface area contributed by atoms with Gasteiger partial charge in [-0.2, -0.15) is 0 Å². The van der Waals surface area contributed by atoms with E-state index in [1.165, 1.54) is 6.07 Å². The van der Waals surface area contributed by atoms with E-state index >= 15 is 0 Å². The summed E-state index contributed by atoms with van der Waals surface area (Å²) in [6.45, 7) is 7.43. The summed E-state index contributed by atoms with van der Waals surface area (Å²) in [5.41, 5.74) is 1.01. The van der Waals surface area contributed by atoms with Gasteiger partial charge in [-0.1, -0.05) is 0 Å². The van der Waals surface area contributed by atoms with Crippen molar-refractivity contribution in [1.29, 1.82) is 0 Å². The van der Waals surface area contributed by atoms with E-state index < -0.39 is 0 Å². The molecule has 5 nitrogen and oxygen atoms in total. The first-order chi connectivity index (χ1) is 11.6. The van der Waals surface area contributed by atoms with Crippen LogP contribution in [0.1, 0.15) is 23.2 Å². The molecule has 0 radical (unpaired) electrons. The summed E-state index contributed by atoms with van der Waals surface area (Å²) in [6, 6.07) is 4.82. The number of carbonyl (C=O) groups excluding carboxylic acids is 1. The van der Waals surface area contributed by atoms with E-state index in [1.54, 1.807) is 12.1 Å². The Bertz CT molecular complexity index is 566. The Hall–Kier alpha value is -1.66. The van der Waals surface area contributed by atoms with Crippen molar-refractivity contribution in [3.63, 3.8) is 0 Å². The van der Waals surface area contributed by atoms with Crippen LogP contribution in [0, 0.1) is 5.82 Å². The number of likely N-dealkylation sites (N-methyl/N-ethyl adjacent to an activating group) is 1. The minimum atomic E-state index is -0.302. The van der Waals surface area contributed by atoms with Gasteiger partial charge in [0.25, 0.3) is 5.91 Å². The number of rotatable bonds is 5. The molecule has 132 valence electrons. The molecule has 2 heterocycles. The summed E-state index contributed by atoms with van der Waals surface area (Å²) < 4.78 is 14.3. The van der Waals surface area contributed by atoms with E-state index in [-0.39, 0.29) is 11.7 Å². The van der Waals surface area contributed by atoms with Crippen LogP contribution in [0.2, 0.25) is 0 Å². The molecule has 0 spiro atoms. The normalized spacial score (nSPS) is 19.7. The van der Waals surface area contributed by atoms with Crippen LogP contribution >= 0.6 is 0 Å². The summed E-state index contributed by atoms with van der Waals surface area (Å²) in [6.07, 6.45) is 2.21. The fourth-order valence-corrected chi connectivity index (χ4v) is 3.36. The highest BCUT2D eigenvalue weighted by Gasteiger charge is 2.18. The Balaban J connectivity index is 1.49. The minimum absolute atomic E-state index is 0.198. The third kappa shape index (κ3) is 4.24. The molecule has 24 heavy (non-hydrogen) atoms. The SMILES string of the molecule is CN1CCN(CCNC(=O)c2ccc(N3CCCC3)c(F)c2)CC1. The molecule has 1 amide bonds. The lowest BCUT2D eigenvalue weighted by atomic mass is 10.1. The van der Waals surface area contributed by atoms with E-state index in [2.05, 4.69) is 22.2 Å². The van der Waals surface area contributed by atoms with Crippen LogP contribution in [-0.2, 0) is 0 Å². The van der Waals surface area contributed by atoms with E-state index in [9.17, 15) is 9.18 Å². The van der Waals surface area contributed by atoms with E-state index in [0.717, 1.165) is 58.7 Å². The van der Waals surface area contributed by atoms with Crippen LogP contribution in [0.15, 0.2) is 18.2 Å². The van der Waals surface area contributed by atoms with Crippen LogP contribution in [-0.4, -0.2) is 75.1 Å². The molecule has 0 atom stereocenters. The third-order valence-corrected chi connectivity index (χ3v) is 4.97. The quantitative estimate of drug-likeness (QED) is 0.884. The van der Waals surface area contributed by atoms with Gasteiger partial charge in [-0.15, -0.1) is 0 Å². The van der Waals surface area contributed by atoms with Crippen LogP contribution < -0.4 is 10.2 Å². The zero-order valence-electron chi connectivity index (χ0n) is 14.4. The van der Waals surface area contributed by atoms with Crippen LogP contribution in [0.3, 0.4) is 0 Å². The van der Waals surface area contributed by atoms with E-state index in [4.69, 9.17) is 0 Å². The smallest absolute Gasteiger partial charge is 0.251 e. The highest BCUT2D eigenvalue weighted by molar-refractivity contribution is 5.94. The van der Waals surface area contributed by atoms with Crippen molar-refractivity contribution in [3.8, 4) is 0 Å². The second-order valence-electron chi connectivity index (χ2n) is 6.76. The van der Waals surface area contributed by atoms with E-state index in [1.807, 2.05) is 4.90 Å². The Kier molecular flexibility index (Phi) is 5.68. The number of nitrogens with one attached hydrogen (secondary N) is 1. The van der Waals surface area contributed by atoms with Crippen molar-refractivity contribution in [1.82, 2.24) is 15.1 Å². The molecule has 2 saturated heterocycles. The highest BCUT2D eigenvalue weighted by atomic mass is 19.1. The summed E-state index contributed by atoms with van der Waals surface area (Å²) in [7, 11) is 2.12. The van der Waals surface area contributed by atoms with Gasteiger partial charge in [-0.3, -0.25) is 9.69 Å². The van der Waals surface area contributed by atoms with Crippen molar-refractivity contribution in [3.05, 3.63) is 29.6 Å². The average molecular weight is 334 g/mol. The number of benzene rings is 1. The zero-order valence-corrected chi connectivity index (χ0v) is 14.4. The number of carbonyl (C=O) groups is 1. The van der Waals surface area contributed by atoms with Gasteiger partial charge in [0.05, 0.1) is 5.69 Å². The maximum atomic E-state index is 14.3. The molecule has 0 aliphatic carbocycles. The topological polar surface area (TPSA) is 38.8 Å². The predicted molar refractivity (Wildman–Crippen MR) is 94.1 cm³/mol. The molecular weight excluding hydrogens is 307 g/mol. The Morgan fingerprint density at radius 2 is 1.83 bits per heavy atom. The minimum Gasteiger partial charge on any atom is -0.369 e. The number of nitrogens with zero attached hydrogens (tertiary/aromatic N) is 3. The molecule has 2 aliphatic heterocycles. The number of piperazine rings is 1. The second-order valence-corrected chi connectivity index (χ2v) is 6.76. The molecule has 2 fully saturated rings. The Morgan fingerprint density at radius 3 is 2.50 bits per heavy atom. The van der Waals surface area contributed by atoms with Crippen molar-refractivity contribution in [2.24, 2.45) is 0 Å². The molecule has 2 aliphatic rings. The average Bonchev–Trinajstić information content (AvgIpc) is 3.10. The summed E-state index contributed by atoms with van der Waals surface area (Å²) >= 11 is 0. The number of anilines is 1. The molecule has 1 aromatic carbocycles. The fourth-order valence-electron chi connectivity index (χ4n) is 3.36. The monoisotopic (exact) mass is 334 g/mol. The molecule has 1 aromatic rings. The molecular formula is C18H27FN4O. The summed E-state index contributed by atoms with van der Waals surface area (Å²) in [5.74, 6) is -0.500. The van der Waals surface area contributed by atoms with Gasteiger partial charge in [-0.05, 0) is 38.1 Å². The van der Waals surface area contributed by atoms with Crippen molar-refractivity contribution in [2.45, 2.75) is 12.8 Å². The predicted octanol–water partition coefficient (Wildman–Crippen LogP) is 1.40. The van der Waals surface area contributed by atoms with Gasteiger partial charge >= 0.3 is 0 Å². The van der Waals surface area contributed by atoms with Crippen LogP contribution in [0.4, 0.5) is 10.1 Å².